The zero-order valence-electron chi connectivity index (χ0n) is 15.8. The number of hydrogen-bond donors (Lipinski definition) is 2. The first-order valence-corrected chi connectivity index (χ1v) is 11.4. The van der Waals surface area contributed by atoms with E-state index >= 15 is 0 Å². The third-order valence-electron chi connectivity index (χ3n) is 5.29. The molecule has 0 unspecified atom stereocenters. The van der Waals surface area contributed by atoms with E-state index in [0.717, 1.165) is 32.0 Å². The summed E-state index contributed by atoms with van der Waals surface area (Å²) in [5.74, 6) is -0.425. The van der Waals surface area contributed by atoms with Gasteiger partial charge < -0.3 is 10.2 Å². The normalized spacial score (nSPS) is 20.6. The van der Waals surface area contributed by atoms with Gasteiger partial charge in [-0.3, -0.25) is 4.79 Å². The number of halogens is 1. The lowest BCUT2D eigenvalue weighted by Gasteiger charge is -2.33. The van der Waals surface area contributed by atoms with E-state index in [4.69, 9.17) is 11.6 Å². The summed E-state index contributed by atoms with van der Waals surface area (Å²) in [6.07, 6.45) is 4.41. The zero-order valence-corrected chi connectivity index (χ0v) is 17.4. The van der Waals surface area contributed by atoms with E-state index in [9.17, 15) is 13.2 Å². The third kappa shape index (κ3) is 5.44. The Morgan fingerprint density at radius 1 is 1.11 bits per heavy atom. The molecule has 1 aromatic rings. The molecule has 1 saturated carbocycles. The lowest BCUT2D eigenvalue weighted by Crippen LogP contribution is -2.54. The predicted octanol–water partition coefficient (Wildman–Crippen LogP) is 2.39. The van der Waals surface area contributed by atoms with Crippen LogP contribution in [0.3, 0.4) is 0 Å². The molecule has 3 rings (SSSR count). The molecular formula is C19H28ClN3O3S. The molecule has 0 spiro atoms. The number of carbonyl (C=O) groups is 1. The Kier molecular flexibility index (Phi) is 6.46. The smallest absolute Gasteiger partial charge is 0.241 e. The van der Waals surface area contributed by atoms with E-state index in [1.165, 1.54) is 37.1 Å². The second-order valence-corrected chi connectivity index (χ2v) is 10.00. The molecule has 0 aromatic heterocycles. The Morgan fingerprint density at radius 2 is 1.70 bits per heavy atom. The van der Waals surface area contributed by atoms with Crippen LogP contribution in [0.15, 0.2) is 29.2 Å². The van der Waals surface area contributed by atoms with Crippen LogP contribution in [0.1, 0.15) is 39.5 Å². The number of benzene rings is 1. The van der Waals surface area contributed by atoms with Gasteiger partial charge in [0.05, 0.1) is 4.90 Å². The van der Waals surface area contributed by atoms with Gasteiger partial charge in [-0.2, -0.15) is 4.72 Å². The molecule has 6 nitrogen and oxygen atoms in total. The minimum atomic E-state index is -3.80. The van der Waals surface area contributed by atoms with E-state index in [2.05, 4.69) is 14.9 Å². The molecular weight excluding hydrogens is 386 g/mol. The van der Waals surface area contributed by atoms with Gasteiger partial charge in [0.15, 0.2) is 0 Å². The number of carbonyl (C=O) groups excluding carboxylic acids is 1. The summed E-state index contributed by atoms with van der Waals surface area (Å²) >= 11 is 5.83. The number of sulfonamides is 1. The Labute approximate surface area is 166 Å². The van der Waals surface area contributed by atoms with Crippen molar-refractivity contribution in [1.29, 1.82) is 0 Å². The molecule has 1 heterocycles. The molecule has 8 heteroatoms. The molecule has 1 amide bonds. The largest absolute Gasteiger partial charge is 0.352 e. The molecule has 2 aliphatic rings. The highest BCUT2D eigenvalue weighted by atomic mass is 35.5. The van der Waals surface area contributed by atoms with Gasteiger partial charge in [-0.15, -0.1) is 0 Å². The number of likely N-dealkylation sites (tertiary alicyclic amines) is 1. The van der Waals surface area contributed by atoms with Crippen molar-refractivity contribution >= 4 is 27.5 Å². The van der Waals surface area contributed by atoms with Crippen molar-refractivity contribution in [2.24, 2.45) is 5.92 Å². The average Bonchev–Trinajstić information content (AvgIpc) is 3.45. The fraction of sp³-hybridized carbons (Fsp3) is 0.632. The standard InChI is InChI=1S/C19H28ClN3O3S/c1-13(2)18(22-27(25,26)17-7-3-14(20)4-8-17)19(24)21-15-9-11-23(12-10-15)16-5-6-16/h3-4,7-8,13,15-16,18,22H,5-6,9-12H2,1-2H3,(H,21,24)/t18-/m0/s1. The number of amides is 1. The highest BCUT2D eigenvalue weighted by Crippen LogP contribution is 2.29. The minimum Gasteiger partial charge on any atom is -0.352 e. The molecule has 2 fully saturated rings. The SMILES string of the molecule is CC(C)[C@H](NS(=O)(=O)c1ccc(Cl)cc1)C(=O)NC1CCN(C2CC2)CC1. The Balaban J connectivity index is 1.60. The quantitative estimate of drug-likeness (QED) is 0.719. The lowest BCUT2D eigenvalue weighted by molar-refractivity contribution is -0.124. The molecule has 1 aliphatic carbocycles. The molecule has 27 heavy (non-hydrogen) atoms. The molecule has 1 aromatic carbocycles. The van der Waals surface area contributed by atoms with Crippen LogP contribution < -0.4 is 10.0 Å². The van der Waals surface area contributed by atoms with Crippen LogP contribution in [0.2, 0.25) is 5.02 Å². The number of hydrogen-bond acceptors (Lipinski definition) is 4. The van der Waals surface area contributed by atoms with E-state index in [1.54, 1.807) is 0 Å². The molecule has 1 atom stereocenters. The van der Waals surface area contributed by atoms with Crippen LogP contribution in [0.25, 0.3) is 0 Å². The first-order chi connectivity index (χ1) is 12.8. The maximum atomic E-state index is 12.8. The van der Waals surface area contributed by atoms with Gasteiger partial charge >= 0.3 is 0 Å². The summed E-state index contributed by atoms with van der Waals surface area (Å²) < 4.78 is 27.8. The monoisotopic (exact) mass is 413 g/mol. The first kappa shape index (κ1) is 20.6. The summed E-state index contributed by atoms with van der Waals surface area (Å²) in [5.41, 5.74) is 0. The van der Waals surface area contributed by atoms with Crippen LogP contribution in [0.5, 0.6) is 0 Å². The Morgan fingerprint density at radius 3 is 2.22 bits per heavy atom. The van der Waals surface area contributed by atoms with E-state index in [1.807, 2.05) is 13.8 Å². The van der Waals surface area contributed by atoms with Crippen molar-refractivity contribution in [3.63, 3.8) is 0 Å². The van der Waals surface area contributed by atoms with Crippen LogP contribution in [-0.4, -0.2) is 50.4 Å². The maximum Gasteiger partial charge on any atom is 0.241 e. The molecule has 0 bridgehead atoms. The fourth-order valence-corrected chi connectivity index (χ4v) is 4.95. The predicted molar refractivity (Wildman–Crippen MR) is 106 cm³/mol. The maximum absolute atomic E-state index is 12.8. The highest BCUT2D eigenvalue weighted by Gasteiger charge is 2.34. The van der Waals surface area contributed by atoms with Gasteiger partial charge in [-0.25, -0.2) is 8.42 Å². The first-order valence-electron chi connectivity index (χ1n) is 9.58. The molecule has 1 saturated heterocycles. The topological polar surface area (TPSA) is 78.5 Å². The second-order valence-electron chi connectivity index (χ2n) is 7.85. The molecule has 1 aliphatic heterocycles. The number of piperidine rings is 1. The van der Waals surface area contributed by atoms with Gasteiger partial charge in [0, 0.05) is 30.2 Å². The van der Waals surface area contributed by atoms with E-state index in [0.29, 0.717) is 5.02 Å². The van der Waals surface area contributed by atoms with Crippen LogP contribution in [0, 0.1) is 5.92 Å². The van der Waals surface area contributed by atoms with Crippen molar-refractivity contribution in [3.05, 3.63) is 29.3 Å². The van der Waals surface area contributed by atoms with E-state index < -0.39 is 16.1 Å². The lowest BCUT2D eigenvalue weighted by atomic mass is 10.0. The van der Waals surface area contributed by atoms with Crippen molar-refractivity contribution in [3.8, 4) is 0 Å². The van der Waals surface area contributed by atoms with Crippen molar-refractivity contribution in [2.75, 3.05) is 13.1 Å². The van der Waals surface area contributed by atoms with Crippen molar-refractivity contribution in [1.82, 2.24) is 14.9 Å². The summed E-state index contributed by atoms with van der Waals surface area (Å²) in [7, 11) is -3.80. The molecule has 150 valence electrons. The second kappa shape index (κ2) is 8.47. The number of nitrogens with zero attached hydrogens (tertiary/aromatic N) is 1. The Hall–Kier alpha value is -1.15. The summed E-state index contributed by atoms with van der Waals surface area (Å²) in [4.78, 5) is 15.4. The zero-order chi connectivity index (χ0) is 19.6. The van der Waals surface area contributed by atoms with Crippen LogP contribution >= 0.6 is 11.6 Å². The summed E-state index contributed by atoms with van der Waals surface area (Å²) in [6.45, 7) is 5.67. The molecule has 2 N–H and O–H groups in total. The third-order valence-corrected chi connectivity index (χ3v) is 7.00. The van der Waals surface area contributed by atoms with Gasteiger partial charge in [0.25, 0.3) is 0 Å². The van der Waals surface area contributed by atoms with Gasteiger partial charge in [0.2, 0.25) is 15.9 Å². The van der Waals surface area contributed by atoms with Crippen molar-refractivity contribution in [2.45, 2.75) is 62.6 Å². The van der Waals surface area contributed by atoms with Gasteiger partial charge in [-0.05, 0) is 55.9 Å². The fourth-order valence-electron chi connectivity index (χ4n) is 3.48. The van der Waals surface area contributed by atoms with Crippen molar-refractivity contribution < 1.29 is 13.2 Å². The highest BCUT2D eigenvalue weighted by molar-refractivity contribution is 7.89. The van der Waals surface area contributed by atoms with Gasteiger partial charge in [0.1, 0.15) is 6.04 Å². The number of nitrogens with one attached hydrogen (secondary N) is 2. The average molecular weight is 414 g/mol. The van der Waals surface area contributed by atoms with Crippen LogP contribution in [-0.2, 0) is 14.8 Å². The number of rotatable bonds is 7. The minimum absolute atomic E-state index is 0.100. The van der Waals surface area contributed by atoms with Crippen LogP contribution in [0.4, 0.5) is 0 Å². The van der Waals surface area contributed by atoms with Gasteiger partial charge in [-0.1, -0.05) is 25.4 Å². The molecule has 0 radical (unpaired) electrons. The summed E-state index contributed by atoms with van der Waals surface area (Å²) in [6, 6.07) is 5.96. The summed E-state index contributed by atoms with van der Waals surface area (Å²) in [5, 5.41) is 3.51. The van der Waals surface area contributed by atoms with E-state index in [-0.39, 0.29) is 22.8 Å². The Bertz CT molecular complexity index is 755.